The van der Waals surface area contributed by atoms with E-state index < -0.39 is 0 Å². The average molecular weight is 211 g/mol. The van der Waals surface area contributed by atoms with E-state index in [1.54, 1.807) is 29.0 Å². The minimum atomic E-state index is 0.121. The zero-order chi connectivity index (χ0) is 11.0. The molecule has 0 aromatic carbocycles. The minimum Gasteiger partial charge on any atom is -0.222 e. The van der Waals surface area contributed by atoms with E-state index in [4.69, 9.17) is 5.26 Å². The Hall–Kier alpha value is -2.75. The van der Waals surface area contributed by atoms with Crippen LogP contribution in [0.1, 0.15) is 5.82 Å². The van der Waals surface area contributed by atoms with Crippen molar-refractivity contribution in [3.63, 3.8) is 0 Å². The SMILES string of the molecule is N#Cc1ncn(-c2ccn3nccc3n2)n1. The lowest BCUT2D eigenvalue weighted by atomic mass is 10.5. The Morgan fingerprint density at radius 1 is 1.31 bits per heavy atom. The summed E-state index contributed by atoms with van der Waals surface area (Å²) in [5, 5.41) is 16.6. The van der Waals surface area contributed by atoms with Crippen LogP contribution in [0.3, 0.4) is 0 Å². The molecule has 0 spiro atoms. The van der Waals surface area contributed by atoms with Gasteiger partial charge in [-0.2, -0.15) is 10.4 Å². The van der Waals surface area contributed by atoms with Gasteiger partial charge in [-0.3, -0.25) is 0 Å². The predicted molar refractivity (Wildman–Crippen MR) is 52.6 cm³/mol. The van der Waals surface area contributed by atoms with Crippen molar-refractivity contribution in [1.29, 1.82) is 5.26 Å². The first-order valence-corrected chi connectivity index (χ1v) is 4.49. The van der Waals surface area contributed by atoms with Crippen molar-refractivity contribution in [2.24, 2.45) is 0 Å². The number of fused-ring (bicyclic) bond motifs is 1. The summed E-state index contributed by atoms with van der Waals surface area (Å²) in [4.78, 5) is 8.11. The molecule has 3 aromatic heterocycles. The Balaban J connectivity index is 2.14. The first-order chi connectivity index (χ1) is 7.86. The Labute approximate surface area is 89.6 Å². The van der Waals surface area contributed by atoms with Crippen LogP contribution in [0, 0.1) is 11.3 Å². The van der Waals surface area contributed by atoms with Crippen LogP contribution in [-0.4, -0.2) is 29.4 Å². The molecule has 0 aliphatic heterocycles. The molecule has 0 bridgehead atoms. The number of rotatable bonds is 1. The van der Waals surface area contributed by atoms with E-state index in [0.717, 1.165) is 0 Å². The molecule has 0 radical (unpaired) electrons. The summed E-state index contributed by atoms with van der Waals surface area (Å²) in [5.41, 5.74) is 0.714. The highest BCUT2D eigenvalue weighted by atomic mass is 15.4. The van der Waals surface area contributed by atoms with Crippen LogP contribution in [0.15, 0.2) is 30.9 Å². The quantitative estimate of drug-likeness (QED) is 0.573. The molecule has 16 heavy (non-hydrogen) atoms. The number of hydrogen-bond acceptors (Lipinski definition) is 5. The molecule has 3 heterocycles. The topological polar surface area (TPSA) is 84.7 Å². The molecule has 0 aliphatic carbocycles. The van der Waals surface area contributed by atoms with Crippen LogP contribution in [0.4, 0.5) is 0 Å². The predicted octanol–water partition coefficient (Wildman–Crippen LogP) is 0.182. The lowest BCUT2D eigenvalue weighted by Gasteiger charge is -1.98. The number of aromatic nitrogens is 6. The molecule has 0 fully saturated rings. The third-order valence-corrected chi connectivity index (χ3v) is 2.07. The maximum absolute atomic E-state index is 8.61. The molecule has 7 nitrogen and oxygen atoms in total. The Morgan fingerprint density at radius 3 is 3.06 bits per heavy atom. The molecule has 0 saturated heterocycles. The highest BCUT2D eigenvalue weighted by Gasteiger charge is 2.04. The van der Waals surface area contributed by atoms with Gasteiger partial charge in [0.2, 0.25) is 0 Å². The first-order valence-electron chi connectivity index (χ1n) is 4.49. The van der Waals surface area contributed by atoms with Gasteiger partial charge < -0.3 is 0 Å². The largest absolute Gasteiger partial charge is 0.252 e. The first kappa shape index (κ1) is 8.55. The van der Waals surface area contributed by atoms with Gasteiger partial charge in [-0.05, 0) is 0 Å². The van der Waals surface area contributed by atoms with Crippen molar-refractivity contribution in [3.05, 3.63) is 36.7 Å². The zero-order valence-corrected chi connectivity index (χ0v) is 8.02. The molecule has 0 unspecified atom stereocenters. The van der Waals surface area contributed by atoms with E-state index in [-0.39, 0.29) is 5.82 Å². The fourth-order valence-electron chi connectivity index (χ4n) is 1.35. The van der Waals surface area contributed by atoms with Gasteiger partial charge in [0, 0.05) is 18.3 Å². The highest BCUT2D eigenvalue weighted by Crippen LogP contribution is 2.05. The van der Waals surface area contributed by atoms with Crippen LogP contribution in [0.5, 0.6) is 0 Å². The summed E-state index contributed by atoms with van der Waals surface area (Å²) in [5.74, 6) is 0.720. The maximum atomic E-state index is 8.61. The standard InChI is InChI=1S/C9H5N7/c10-5-7-11-6-16(14-7)9-2-4-15-8(13-9)1-3-12-15/h1-4,6H. The monoisotopic (exact) mass is 211 g/mol. The molecule has 3 rings (SSSR count). The van der Waals surface area contributed by atoms with Crippen molar-refractivity contribution in [1.82, 2.24) is 29.4 Å². The molecular formula is C9H5N7. The summed E-state index contributed by atoms with van der Waals surface area (Å²) >= 11 is 0. The summed E-state index contributed by atoms with van der Waals surface area (Å²) in [6.45, 7) is 0. The molecule has 0 amide bonds. The van der Waals surface area contributed by atoms with Crippen LogP contribution < -0.4 is 0 Å². The van der Waals surface area contributed by atoms with Gasteiger partial charge in [-0.25, -0.2) is 19.2 Å². The molecular weight excluding hydrogens is 206 g/mol. The Kier molecular flexibility index (Phi) is 1.67. The Bertz CT molecular complexity index is 687. The van der Waals surface area contributed by atoms with Crippen molar-refractivity contribution in [3.8, 4) is 11.9 Å². The van der Waals surface area contributed by atoms with E-state index >= 15 is 0 Å². The van der Waals surface area contributed by atoms with E-state index in [2.05, 4.69) is 20.2 Å². The van der Waals surface area contributed by atoms with Crippen molar-refractivity contribution >= 4 is 5.65 Å². The van der Waals surface area contributed by atoms with Crippen LogP contribution >= 0.6 is 0 Å². The normalized spacial score (nSPS) is 10.4. The van der Waals surface area contributed by atoms with E-state index in [9.17, 15) is 0 Å². The minimum absolute atomic E-state index is 0.121. The molecule has 0 N–H and O–H groups in total. The third-order valence-electron chi connectivity index (χ3n) is 2.07. The number of hydrogen-bond donors (Lipinski definition) is 0. The van der Waals surface area contributed by atoms with Gasteiger partial charge in [0.05, 0.1) is 6.20 Å². The van der Waals surface area contributed by atoms with E-state index in [1.165, 1.54) is 11.0 Å². The molecule has 76 valence electrons. The van der Waals surface area contributed by atoms with Gasteiger partial charge >= 0.3 is 0 Å². The smallest absolute Gasteiger partial charge is 0.222 e. The van der Waals surface area contributed by atoms with Gasteiger partial charge in [-0.15, -0.1) is 5.10 Å². The third kappa shape index (κ3) is 1.21. The molecule has 0 saturated carbocycles. The fourth-order valence-corrected chi connectivity index (χ4v) is 1.35. The molecule has 3 aromatic rings. The lowest BCUT2D eigenvalue weighted by Crippen LogP contribution is -2.00. The summed E-state index contributed by atoms with van der Waals surface area (Å²) in [6, 6.07) is 5.39. The van der Waals surface area contributed by atoms with Crippen LogP contribution in [-0.2, 0) is 0 Å². The second-order valence-electron chi connectivity index (χ2n) is 3.04. The van der Waals surface area contributed by atoms with Gasteiger partial charge in [0.25, 0.3) is 5.82 Å². The van der Waals surface area contributed by atoms with Crippen LogP contribution in [0.2, 0.25) is 0 Å². The second kappa shape index (κ2) is 3.13. The van der Waals surface area contributed by atoms with Crippen molar-refractivity contribution < 1.29 is 0 Å². The second-order valence-corrected chi connectivity index (χ2v) is 3.04. The Morgan fingerprint density at radius 2 is 2.25 bits per heavy atom. The van der Waals surface area contributed by atoms with Gasteiger partial charge in [-0.1, -0.05) is 0 Å². The maximum Gasteiger partial charge on any atom is 0.252 e. The van der Waals surface area contributed by atoms with Gasteiger partial charge in [0.1, 0.15) is 12.4 Å². The number of nitriles is 1. The van der Waals surface area contributed by atoms with E-state index in [0.29, 0.717) is 11.5 Å². The summed E-state index contributed by atoms with van der Waals surface area (Å²) in [7, 11) is 0. The van der Waals surface area contributed by atoms with Crippen molar-refractivity contribution in [2.45, 2.75) is 0 Å². The highest BCUT2D eigenvalue weighted by molar-refractivity contribution is 5.39. The van der Waals surface area contributed by atoms with Crippen molar-refractivity contribution in [2.75, 3.05) is 0 Å². The summed E-state index contributed by atoms with van der Waals surface area (Å²) in [6.07, 6.45) is 4.88. The summed E-state index contributed by atoms with van der Waals surface area (Å²) < 4.78 is 3.09. The molecule has 7 heteroatoms. The lowest BCUT2D eigenvalue weighted by molar-refractivity contribution is 0.827. The fraction of sp³-hybridized carbons (Fsp3) is 0. The van der Waals surface area contributed by atoms with Crippen LogP contribution in [0.25, 0.3) is 11.5 Å². The average Bonchev–Trinajstić information content (AvgIpc) is 2.96. The molecule has 0 aliphatic rings. The van der Waals surface area contributed by atoms with E-state index in [1.807, 2.05) is 6.07 Å². The zero-order valence-electron chi connectivity index (χ0n) is 8.02. The van der Waals surface area contributed by atoms with Gasteiger partial charge in [0.15, 0.2) is 11.5 Å². The molecule has 0 atom stereocenters. The number of nitrogens with zero attached hydrogens (tertiary/aromatic N) is 7.